The predicted molar refractivity (Wildman–Crippen MR) is 125 cm³/mol. The van der Waals surface area contributed by atoms with Crippen LogP contribution in [0.3, 0.4) is 0 Å². The molecule has 0 spiro atoms. The highest BCUT2D eigenvalue weighted by Crippen LogP contribution is 2.39. The summed E-state index contributed by atoms with van der Waals surface area (Å²) in [6, 6.07) is 5.12. The summed E-state index contributed by atoms with van der Waals surface area (Å²) in [6.45, 7) is 2.29. The maximum atomic E-state index is 13.7. The average molecular weight is 417 g/mol. The highest BCUT2D eigenvalue weighted by molar-refractivity contribution is 6.30. The molecular formula is C27H38ClF. The van der Waals surface area contributed by atoms with Gasteiger partial charge in [-0.25, -0.2) is 4.39 Å². The van der Waals surface area contributed by atoms with Crippen LogP contribution in [0.5, 0.6) is 0 Å². The van der Waals surface area contributed by atoms with Gasteiger partial charge >= 0.3 is 0 Å². The van der Waals surface area contributed by atoms with Crippen molar-refractivity contribution >= 4 is 17.2 Å². The molecule has 0 saturated heterocycles. The summed E-state index contributed by atoms with van der Waals surface area (Å²) in [5.41, 5.74) is 2.06. The van der Waals surface area contributed by atoms with Gasteiger partial charge in [-0.1, -0.05) is 107 Å². The lowest BCUT2D eigenvalue weighted by Gasteiger charge is -2.33. The third-order valence-electron chi connectivity index (χ3n) is 7.10. The van der Waals surface area contributed by atoms with Crippen molar-refractivity contribution in [3.63, 3.8) is 0 Å². The van der Waals surface area contributed by atoms with Crippen molar-refractivity contribution in [2.24, 2.45) is 17.8 Å². The lowest BCUT2D eigenvalue weighted by molar-refractivity contribution is 0.218. The number of allylic oxidation sites excluding steroid dienone is 4. The number of hydrogen-bond acceptors (Lipinski definition) is 0. The van der Waals surface area contributed by atoms with Crippen molar-refractivity contribution in [2.75, 3.05) is 0 Å². The van der Waals surface area contributed by atoms with Crippen LogP contribution < -0.4 is 0 Å². The molecule has 29 heavy (non-hydrogen) atoms. The minimum Gasteiger partial charge on any atom is -0.205 e. The van der Waals surface area contributed by atoms with Gasteiger partial charge < -0.3 is 0 Å². The number of hydrogen-bond donors (Lipinski definition) is 0. The predicted octanol–water partition coefficient (Wildman–Crippen LogP) is 9.39. The van der Waals surface area contributed by atoms with Gasteiger partial charge in [0.15, 0.2) is 0 Å². The van der Waals surface area contributed by atoms with Gasteiger partial charge in [0.25, 0.3) is 0 Å². The van der Waals surface area contributed by atoms with E-state index in [0.717, 1.165) is 29.4 Å². The summed E-state index contributed by atoms with van der Waals surface area (Å²) in [5, 5.41) is 0.195. The molecule has 2 aliphatic rings. The van der Waals surface area contributed by atoms with Gasteiger partial charge in [-0.3, -0.25) is 0 Å². The van der Waals surface area contributed by atoms with Crippen LogP contribution in [0.25, 0.3) is 5.57 Å². The first kappa shape index (κ1) is 22.6. The second-order valence-electron chi connectivity index (χ2n) is 9.24. The van der Waals surface area contributed by atoms with E-state index in [1.165, 1.54) is 77.0 Å². The molecule has 1 saturated carbocycles. The molecule has 1 unspecified atom stereocenters. The number of unbranched alkanes of at least 4 members (excludes halogenated alkanes) is 6. The van der Waals surface area contributed by atoms with Crippen LogP contribution in [0.2, 0.25) is 5.02 Å². The summed E-state index contributed by atoms with van der Waals surface area (Å²) in [4.78, 5) is 0. The molecule has 160 valence electrons. The lowest BCUT2D eigenvalue weighted by atomic mass is 9.72. The molecule has 0 aromatic heterocycles. The second-order valence-corrected chi connectivity index (χ2v) is 9.65. The molecule has 1 aromatic carbocycles. The van der Waals surface area contributed by atoms with Crippen molar-refractivity contribution in [1.29, 1.82) is 0 Å². The molecule has 1 fully saturated rings. The standard InChI is InChI=1S/C27H38ClF/c1-2-3-4-5-6-7-8-9-21-10-12-22(13-11-21)23-14-16-24(17-15-23)25-18-19-26(28)27(29)20-25/h14,16-23H,2-13,15H2,1H3. The monoisotopic (exact) mass is 416 g/mol. The van der Waals surface area contributed by atoms with Crippen molar-refractivity contribution < 1.29 is 4.39 Å². The fourth-order valence-electron chi connectivity index (χ4n) is 5.17. The Bertz CT molecular complexity index is 682. The number of benzene rings is 1. The zero-order chi connectivity index (χ0) is 20.5. The Labute approximate surface area is 182 Å². The van der Waals surface area contributed by atoms with E-state index >= 15 is 0 Å². The highest BCUT2D eigenvalue weighted by Gasteiger charge is 2.26. The molecule has 0 nitrogen and oxygen atoms in total. The summed E-state index contributed by atoms with van der Waals surface area (Å²) < 4.78 is 13.7. The SMILES string of the molecule is CCCCCCCCCC1CCC(C2C=CC(c3ccc(Cl)c(F)c3)=CC2)CC1. The quantitative estimate of drug-likeness (QED) is 0.333. The number of rotatable bonds is 10. The first-order valence-electron chi connectivity index (χ1n) is 12.0. The third kappa shape index (κ3) is 6.99. The van der Waals surface area contributed by atoms with Crippen LogP contribution in [0, 0.1) is 23.6 Å². The maximum Gasteiger partial charge on any atom is 0.142 e. The second kappa shape index (κ2) is 11.9. The minimum absolute atomic E-state index is 0.195. The van der Waals surface area contributed by atoms with Gasteiger partial charge in [0, 0.05) is 0 Å². The summed E-state index contributed by atoms with van der Waals surface area (Å²) in [7, 11) is 0. The lowest BCUT2D eigenvalue weighted by Crippen LogP contribution is -2.21. The largest absolute Gasteiger partial charge is 0.205 e. The van der Waals surface area contributed by atoms with Gasteiger partial charge in [-0.15, -0.1) is 0 Å². The molecule has 0 bridgehead atoms. The van der Waals surface area contributed by atoms with Crippen LogP contribution in [0.15, 0.2) is 36.4 Å². The van der Waals surface area contributed by atoms with Crippen LogP contribution in [0.1, 0.15) is 96.0 Å². The fourth-order valence-corrected chi connectivity index (χ4v) is 5.29. The first-order valence-corrected chi connectivity index (χ1v) is 12.4. The van der Waals surface area contributed by atoms with Crippen LogP contribution in [-0.4, -0.2) is 0 Å². The Balaban J connectivity index is 1.35. The molecule has 2 aliphatic carbocycles. The van der Waals surface area contributed by atoms with E-state index in [9.17, 15) is 4.39 Å². The van der Waals surface area contributed by atoms with Gasteiger partial charge in [-0.05, 0) is 60.3 Å². The zero-order valence-electron chi connectivity index (χ0n) is 18.1. The molecule has 1 aromatic rings. The molecule has 0 aliphatic heterocycles. The first-order chi connectivity index (χ1) is 14.2. The van der Waals surface area contributed by atoms with Gasteiger partial charge in [-0.2, -0.15) is 0 Å². The average Bonchev–Trinajstić information content (AvgIpc) is 2.76. The molecule has 0 amide bonds. The topological polar surface area (TPSA) is 0 Å². The van der Waals surface area contributed by atoms with Crippen molar-refractivity contribution in [3.05, 3.63) is 52.8 Å². The number of halogens is 2. The Morgan fingerprint density at radius 2 is 1.69 bits per heavy atom. The van der Waals surface area contributed by atoms with Crippen LogP contribution >= 0.6 is 11.6 Å². The normalized spacial score (nSPS) is 24.5. The minimum atomic E-state index is -0.333. The Kier molecular flexibility index (Phi) is 9.31. The van der Waals surface area contributed by atoms with Gasteiger partial charge in [0.05, 0.1) is 5.02 Å². The molecular weight excluding hydrogens is 379 g/mol. The third-order valence-corrected chi connectivity index (χ3v) is 7.41. The summed E-state index contributed by atoms with van der Waals surface area (Å²) >= 11 is 5.81. The smallest absolute Gasteiger partial charge is 0.142 e. The molecule has 3 rings (SSSR count). The van der Waals surface area contributed by atoms with Crippen molar-refractivity contribution in [1.82, 2.24) is 0 Å². The fraction of sp³-hybridized carbons (Fsp3) is 0.630. The van der Waals surface area contributed by atoms with Crippen molar-refractivity contribution in [3.8, 4) is 0 Å². The van der Waals surface area contributed by atoms with Gasteiger partial charge in [0.2, 0.25) is 0 Å². The highest BCUT2D eigenvalue weighted by atomic mass is 35.5. The van der Waals surface area contributed by atoms with Crippen LogP contribution in [-0.2, 0) is 0 Å². The Morgan fingerprint density at radius 1 is 0.966 bits per heavy atom. The Hall–Kier alpha value is -1.08. The molecule has 2 heteroatoms. The van der Waals surface area contributed by atoms with Crippen molar-refractivity contribution in [2.45, 2.75) is 90.4 Å². The van der Waals surface area contributed by atoms with E-state index < -0.39 is 0 Å². The van der Waals surface area contributed by atoms with E-state index in [2.05, 4.69) is 25.2 Å². The molecule has 0 heterocycles. The van der Waals surface area contributed by atoms with E-state index in [-0.39, 0.29) is 10.8 Å². The van der Waals surface area contributed by atoms with E-state index in [1.54, 1.807) is 12.1 Å². The molecule has 1 atom stereocenters. The maximum absolute atomic E-state index is 13.7. The zero-order valence-corrected chi connectivity index (χ0v) is 18.9. The molecule has 0 N–H and O–H groups in total. The summed E-state index contributed by atoms with van der Waals surface area (Å²) in [6.07, 6.45) is 24.9. The molecule has 0 radical (unpaired) electrons. The van der Waals surface area contributed by atoms with E-state index in [0.29, 0.717) is 5.92 Å². The summed E-state index contributed by atoms with van der Waals surface area (Å²) in [5.74, 6) is 2.13. The van der Waals surface area contributed by atoms with E-state index in [1.807, 2.05) is 6.07 Å². The van der Waals surface area contributed by atoms with Crippen LogP contribution in [0.4, 0.5) is 4.39 Å². The van der Waals surface area contributed by atoms with E-state index in [4.69, 9.17) is 11.6 Å². The van der Waals surface area contributed by atoms with Gasteiger partial charge in [0.1, 0.15) is 5.82 Å². The Morgan fingerprint density at radius 3 is 2.34 bits per heavy atom.